The fourth-order valence-electron chi connectivity index (χ4n) is 3.48. The zero-order valence-corrected chi connectivity index (χ0v) is 17.1. The lowest BCUT2D eigenvalue weighted by Gasteiger charge is -2.28. The first-order chi connectivity index (χ1) is 12.0. The number of carboxylic acid groups (broad SMARTS) is 1. The topological polar surface area (TPSA) is 54.4 Å². The Morgan fingerprint density at radius 1 is 0.680 bits per heavy atom. The van der Waals surface area contributed by atoms with E-state index in [1.54, 1.807) is 0 Å². The van der Waals surface area contributed by atoms with E-state index in [4.69, 9.17) is 5.11 Å². The molecule has 1 N–H and O–H groups in total. The van der Waals surface area contributed by atoms with E-state index in [2.05, 4.69) is 20.8 Å². The Bertz CT molecular complexity index is 351. The monoisotopic (exact) mass is 354 g/mol. The van der Waals surface area contributed by atoms with E-state index >= 15 is 0 Å². The molecule has 0 aliphatic rings. The standard InChI is InChI=1S/C22H42O3/c1-4-6-8-9-12-15-19-22(3,18-7-5-2)20(23)16-13-10-11-14-17-21(24)25/h4-19H2,1-3H3,(H,24,25). The van der Waals surface area contributed by atoms with Crippen molar-refractivity contribution in [1.82, 2.24) is 0 Å². The van der Waals surface area contributed by atoms with Crippen LogP contribution in [0.2, 0.25) is 0 Å². The van der Waals surface area contributed by atoms with Crippen molar-refractivity contribution in [3.8, 4) is 0 Å². The molecule has 25 heavy (non-hydrogen) atoms. The van der Waals surface area contributed by atoms with Crippen molar-refractivity contribution in [2.45, 2.75) is 124 Å². The van der Waals surface area contributed by atoms with Crippen molar-refractivity contribution in [3.05, 3.63) is 0 Å². The van der Waals surface area contributed by atoms with Crippen LogP contribution in [0, 0.1) is 5.41 Å². The quantitative estimate of drug-likeness (QED) is 0.272. The highest BCUT2D eigenvalue weighted by Gasteiger charge is 2.30. The number of Topliss-reactive ketones (excluding diaryl/α,β-unsaturated/α-hetero) is 1. The van der Waals surface area contributed by atoms with E-state index in [0.717, 1.165) is 51.4 Å². The van der Waals surface area contributed by atoms with Crippen molar-refractivity contribution in [3.63, 3.8) is 0 Å². The Hall–Kier alpha value is -0.860. The highest BCUT2D eigenvalue weighted by atomic mass is 16.4. The molecule has 0 aromatic carbocycles. The van der Waals surface area contributed by atoms with Gasteiger partial charge in [-0.1, -0.05) is 85.0 Å². The van der Waals surface area contributed by atoms with Crippen LogP contribution in [0.15, 0.2) is 0 Å². The van der Waals surface area contributed by atoms with Crippen molar-refractivity contribution >= 4 is 11.8 Å². The van der Waals surface area contributed by atoms with Crippen molar-refractivity contribution in [2.75, 3.05) is 0 Å². The zero-order valence-electron chi connectivity index (χ0n) is 17.1. The van der Waals surface area contributed by atoms with E-state index in [0.29, 0.717) is 12.2 Å². The molecule has 0 spiro atoms. The van der Waals surface area contributed by atoms with Gasteiger partial charge in [-0.05, 0) is 25.7 Å². The first kappa shape index (κ1) is 24.1. The number of ketones is 1. The summed E-state index contributed by atoms with van der Waals surface area (Å²) < 4.78 is 0. The molecule has 0 saturated carbocycles. The van der Waals surface area contributed by atoms with Crippen LogP contribution in [0.1, 0.15) is 124 Å². The van der Waals surface area contributed by atoms with Gasteiger partial charge in [-0.25, -0.2) is 0 Å². The molecule has 1 atom stereocenters. The molecular formula is C22H42O3. The molecule has 3 nitrogen and oxygen atoms in total. The Morgan fingerprint density at radius 2 is 1.16 bits per heavy atom. The largest absolute Gasteiger partial charge is 0.481 e. The average molecular weight is 355 g/mol. The maximum Gasteiger partial charge on any atom is 0.303 e. The summed E-state index contributed by atoms with van der Waals surface area (Å²) in [6.45, 7) is 6.61. The van der Waals surface area contributed by atoms with E-state index in [9.17, 15) is 9.59 Å². The third kappa shape index (κ3) is 13.1. The number of carbonyl (C=O) groups excluding carboxylic acids is 1. The molecule has 0 bridgehead atoms. The molecular weight excluding hydrogens is 312 g/mol. The van der Waals surface area contributed by atoms with Gasteiger partial charge in [0.2, 0.25) is 0 Å². The Labute approximate surface area is 156 Å². The molecule has 0 radical (unpaired) electrons. The molecule has 0 heterocycles. The minimum atomic E-state index is -0.720. The highest BCUT2D eigenvalue weighted by molar-refractivity contribution is 5.84. The van der Waals surface area contributed by atoms with Gasteiger partial charge in [-0.15, -0.1) is 0 Å². The number of rotatable bonds is 18. The van der Waals surface area contributed by atoms with E-state index in [1.165, 1.54) is 38.5 Å². The van der Waals surface area contributed by atoms with E-state index < -0.39 is 5.97 Å². The molecule has 0 aliphatic carbocycles. The van der Waals surface area contributed by atoms with Gasteiger partial charge in [-0.2, -0.15) is 0 Å². The molecule has 0 amide bonds. The smallest absolute Gasteiger partial charge is 0.303 e. The van der Waals surface area contributed by atoms with Crippen LogP contribution in [0.5, 0.6) is 0 Å². The van der Waals surface area contributed by atoms with Crippen molar-refractivity contribution in [2.24, 2.45) is 5.41 Å². The molecule has 3 heteroatoms. The summed E-state index contributed by atoms with van der Waals surface area (Å²) in [4.78, 5) is 23.3. The number of hydrogen-bond acceptors (Lipinski definition) is 2. The van der Waals surface area contributed by atoms with Crippen LogP contribution in [0.3, 0.4) is 0 Å². The van der Waals surface area contributed by atoms with Crippen LogP contribution >= 0.6 is 0 Å². The van der Waals surface area contributed by atoms with Gasteiger partial charge in [0.25, 0.3) is 0 Å². The normalized spacial score (nSPS) is 13.6. The first-order valence-corrected chi connectivity index (χ1v) is 10.7. The van der Waals surface area contributed by atoms with Crippen LogP contribution in [-0.2, 0) is 9.59 Å². The van der Waals surface area contributed by atoms with Gasteiger partial charge in [0.05, 0.1) is 0 Å². The molecule has 1 unspecified atom stereocenters. The van der Waals surface area contributed by atoms with Crippen LogP contribution in [-0.4, -0.2) is 16.9 Å². The second-order valence-electron chi connectivity index (χ2n) is 7.91. The summed E-state index contributed by atoms with van der Waals surface area (Å²) in [7, 11) is 0. The third-order valence-corrected chi connectivity index (χ3v) is 5.38. The second kappa shape index (κ2) is 15.4. The van der Waals surface area contributed by atoms with Crippen LogP contribution in [0.25, 0.3) is 0 Å². The van der Waals surface area contributed by atoms with Gasteiger partial charge < -0.3 is 5.11 Å². The van der Waals surface area contributed by atoms with Gasteiger partial charge in [0.1, 0.15) is 5.78 Å². The lowest BCUT2D eigenvalue weighted by Crippen LogP contribution is -2.28. The zero-order chi connectivity index (χ0) is 19.0. The maximum absolute atomic E-state index is 12.8. The SMILES string of the molecule is CCCCCCCCC(C)(CCCC)C(=O)CCCCCCC(=O)O. The molecule has 0 rings (SSSR count). The maximum atomic E-state index is 12.8. The summed E-state index contributed by atoms with van der Waals surface area (Å²) in [5.74, 6) is -0.283. The summed E-state index contributed by atoms with van der Waals surface area (Å²) >= 11 is 0. The summed E-state index contributed by atoms with van der Waals surface area (Å²) in [6, 6.07) is 0. The second-order valence-corrected chi connectivity index (χ2v) is 7.91. The van der Waals surface area contributed by atoms with Gasteiger partial charge in [-0.3, -0.25) is 9.59 Å². The molecule has 0 aromatic rings. The van der Waals surface area contributed by atoms with Crippen molar-refractivity contribution < 1.29 is 14.7 Å². The molecule has 0 aromatic heterocycles. The number of carboxylic acids is 1. The average Bonchev–Trinajstić information content (AvgIpc) is 2.58. The van der Waals surface area contributed by atoms with Gasteiger partial charge >= 0.3 is 5.97 Å². The van der Waals surface area contributed by atoms with E-state index in [1.807, 2.05) is 0 Å². The summed E-state index contributed by atoms with van der Waals surface area (Å²) in [6.07, 6.45) is 16.5. The Kier molecular flexibility index (Phi) is 14.9. The predicted octanol–water partition coefficient (Wildman–Crippen LogP) is 6.93. The third-order valence-electron chi connectivity index (χ3n) is 5.38. The summed E-state index contributed by atoms with van der Waals surface area (Å²) in [5, 5.41) is 8.64. The van der Waals surface area contributed by atoms with E-state index in [-0.39, 0.29) is 11.8 Å². The lowest BCUT2D eigenvalue weighted by molar-refractivity contribution is -0.137. The Balaban J connectivity index is 4.13. The molecule has 0 fully saturated rings. The van der Waals surface area contributed by atoms with Crippen molar-refractivity contribution in [1.29, 1.82) is 0 Å². The number of hydrogen-bond donors (Lipinski definition) is 1. The molecule has 148 valence electrons. The Morgan fingerprint density at radius 3 is 1.76 bits per heavy atom. The first-order valence-electron chi connectivity index (χ1n) is 10.7. The summed E-state index contributed by atoms with van der Waals surface area (Å²) in [5.41, 5.74) is -0.137. The van der Waals surface area contributed by atoms with Gasteiger partial charge in [0.15, 0.2) is 0 Å². The number of unbranched alkanes of at least 4 members (excludes halogenated alkanes) is 9. The fraction of sp³-hybridized carbons (Fsp3) is 0.909. The lowest BCUT2D eigenvalue weighted by atomic mass is 9.75. The predicted molar refractivity (Wildman–Crippen MR) is 106 cm³/mol. The highest BCUT2D eigenvalue weighted by Crippen LogP contribution is 2.34. The van der Waals surface area contributed by atoms with Gasteiger partial charge in [0, 0.05) is 18.3 Å². The fourth-order valence-corrected chi connectivity index (χ4v) is 3.48. The molecule has 0 aliphatic heterocycles. The minimum Gasteiger partial charge on any atom is -0.481 e. The van der Waals surface area contributed by atoms with Crippen LogP contribution in [0.4, 0.5) is 0 Å². The molecule has 0 saturated heterocycles. The number of carbonyl (C=O) groups is 2. The minimum absolute atomic E-state index is 0.137. The number of aliphatic carboxylic acids is 1. The van der Waals surface area contributed by atoms with Crippen LogP contribution < -0.4 is 0 Å².